The molecule has 0 atom stereocenters. The average molecular weight is 383 g/mol. The molecule has 0 aromatic heterocycles. The number of hydrogen-bond acceptors (Lipinski definition) is 6. The van der Waals surface area contributed by atoms with E-state index in [9.17, 15) is 9.59 Å². The van der Waals surface area contributed by atoms with Gasteiger partial charge in [-0.3, -0.25) is 9.59 Å². The topological polar surface area (TPSA) is 98.3 Å². The number of aryl methyl sites for hydroxylation is 1. The molecule has 1 aliphatic heterocycles. The quantitative estimate of drug-likeness (QED) is 0.566. The Bertz CT molecular complexity index is 910. The summed E-state index contributed by atoms with van der Waals surface area (Å²) >= 11 is 0. The fourth-order valence-electron chi connectivity index (χ4n) is 2.50. The SMILES string of the molecule is CC(CC(=O)Nc1ccc2c(c1)OCO2)=NNC(=O)COc1ccccc1C. The monoisotopic (exact) mass is 383 g/mol. The van der Waals surface area contributed by atoms with E-state index in [1.165, 1.54) is 0 Å². The first-order valence-corrected chi connectivity index (χ1v) is 8.71. The van der Waals surface area contributed by atoms with Crippen LogP contribution in [-0.4, -0.2) is 30.9 Å². The summed E-state index contributed by atoms with van der Waals surface area (Å²) in [7, 11) is 0. The highest BCUT2D eigenvalue weighted by Gasteiger charge is 2.14. The van der Waals surface area contributed by atoms with Gasteiger partial charge in [-0.05, 0) is 37.6 Å². The number of nitrogens with one attached hydrogen (secondary N) is 2. The third-order valence-corrected chi connectivity index (χ3v) is 3.90. The molecule has 8 heteroatoms. The Labute approximate surface area is 162 Å². The number of anilines is 1. The standard InChI is InChI=1S/C20H21N3O5/c1-13-5-3-4-6-16(13)26-11-20(25)23-22-14(2)9-19(24)21-15-7-8-17-18(10-15)28-12-27-17/h3-8,10H,9,11-12H2,1-2H3,(H,21,24)(H,23,25). The lowest BCUT2D eigenvalue weighted by Gasteiger charge is -2.08. The van der Waals surface area contributed by atoms with Crippen molar-refractivity contribution in [2.75, 3.05) is 18.7 Å². The molecule has 2 amide bonds. The summed E-state index contributed by atoms with van der Waals surface area (Å²) in [5.74, 6) is 1.21. The van der Waals surface area contributed by atoms with E-state index in [1.54, 1.807) is 31.2 Å². The first-order valence-electron chi connectivity index (χ1n) is 8.71. The lowest BCUT2D eigenvalue weighted by atomic mass is 10.2. The summed E-state index contributed by atoms with van der Waals surface area (Å²) in [5, 5.41) is 6.68. The summed E-state index contributed by atoms with van der Waals surface area (Å²) in [6.07, 6.45) is 0.0351. The first-order chi connectivity index (χ1) is 13.5. The van der Waals surface area contributed by atoms with E-state index in [0.717, 1.165) is 5.56 Å². The van der Waals surface area contributed by atoms with Gasteiger partial charge >= 0.3 is 0 Å². The highest BCUT2D eigenvalue weighted by Crippen LogP contribution is 2.34. The van der Waals surface area contributed by atoms with Crippen molar-refractivity contribution in [3.05, 3.63) is 48.0 Å². The number of ether oxygens (including phenoxy) is 3. The molecule has 0 fully saturated rings. The predicted octanol–water partition coefficient (Wildman–Crippen LogP) is 2.62. The summed E-state index contributed by atoms with van der Waals surface area (Å²) in [5.41, 5.74) is 4.38. The fourth-order valence-corrected chi connectivity index (χ4v) is 2.50. The number of fused-ring (bicyclic) bond motifs is 1. The molecule has 0 unspecified atom stereocenters. The molecule has 0 saturated carbocycles. The zero-order chi connectivity index (χ0) is 19.9. The molecule has 0 radical (unpaired) electrons. The second-order valence-corrected chi connectivity index (χ2v) is 6.23. The lowest BCUT2D eigenvalue weighted by molar-refractivity contribution is -0.123. The highest BCUT2D eigenvalue weighted by atomic mass is 16.7. The van der Waals surface area contributed by atoms with Crippen molar-refractivity contribution >= 4 is 23.2 Å². The Morgan fingerprint density at radius 2 is 1.89 bits per heavy atom. The maximum Gasteiger partial charge on any atom is 0.277 e. The smallest absolute Gasteiger partial charge is 0.277 e. The number of amides is 2. The molecular weight excluding hydrogens is 362 g/mol. The molecule has 3 rings (SSSR count). The molecular formula is C20H21N3O5. The van der Waals surface area contributed by atoms with E-state index in [-0.39, 0.29) is 25.7 Å². The minimum Gasteiger partial charge on any atom is -0.483 e. The molecule has 2 aromatic rings. The van der Waals surface area contributed by atoms with Crippen molar-refractivity contribution in [1.29, 1.82) is 0 Å². The van der Waals surface area contributed by atoms with Gasteiger partial charge in [-0.15, -0.1) is 0 Å². The number of hydrogen-bond donors (Lipinski definition) is 2. The lowest BCUT2D eigenvalue weighted by Crippen LogP contribution is -2.26. The second kappa shape index (κ2) is 8.90. The van der Waals surface area contributed by atoms with E-state index in [1.807, 2.05) is 25.1 Å². The van der Waals surface area contributed by atoms with Crippen LogP contribution < -0.4 is 25.0 Å². The third-order valence-electron chi connectivity index (χ3n) is 3.90. The van der Waals surface area contributed by atoms with Gasteiger partial charge in [0.2, 0.25) is 12.7 Å². The van der Waals surface area contributed by atoms with Crippen molar-refractivity contribution in [1.82, 2.24) is 5.43 Å². The third kappa shape index (κ3) is 5.23. The van der Waals surface area contributed by atoms with Crippen LogP contribution in [0.5, 0.6) is 17.2 Å². The van der Waals surface area contributed by atoms with Crippen molar-refractivity contribution in [2.45, 2.75) is 20.3 Å². The van der Waals surface area contributed by atoms with E-state index in [2.05, 4.69) is 15.8 Å². The molecule has 0 aliphatic carbocycles. The maximum atomic E-state index is 12.1. The van der Waals surface area contributed by atoms with Gasteiger partial charge in [-0.2, -0.15) is 5.10 Å². The molecule has 28 heavy (non-hydrogen) atoms. The van der Waals surface area contributed by atoms with Gasteiger partial charge in [0.25, 0.3) is 5.91 Å². The largest absolute Gasteiger partial charge is 0.483 e. The predicted molar refractivity (Wildman–Crippen MR) is 104 cm³/mol. The Morgan fingerprint density at radius 1 is 1.11 bits per heavy atom. The molecule has 8 nitrogen and oxygen atoms in total. The zero-order valence-corrected chi connectivity index (χ0v) is 15.7. The van der Waals surface area contributed by atoms with Crippen molar-refractivity contribution in [3.63, 3.8) is 0 Å². The van der Waals surface area contributed by atoms with Gasteiger partial charge in [-0.25, -0.2) is 5.43 Å². The highest BCUT2D eigenvalue weighted by molar-refractivity contribution is 6.05. The van der Waals surface area contributed by atoms with Gasteiger partial charge in [0.05, 0.1) is 6.42 Å². The zero-order valence-electron chi connectivity index (χ0n) is 15.7. The van der Waals surface area contributed by atoms with Gasteiger partial charge in [0, 0.05) is 17.5 Å². The molecule has 2 N–H and O–H groups in total. The van der Waals surface area contributed by atoms with Gasteiger partial charge in [0.1, 0.15) is 5.75 Å². The minimum absolute atomic E-state index is 0.0351. The van der Waals surface area contributed by atoms with Crippen LogP contribution in [0.15, 0.2) is 47.6 Å². The number of para-hydroxylation sites is 1. The molecule has 1 heterocycles. The van der Waals surface area contributed by atoms with E-state index >= 15 is 0 Å². The summed E-state index contributed by atoms with van der Waals surface area (Å²) < 4.78 is 15.9. The normalized spacial score (nSPS) is 12.4. The Hall–Kier alpha value is -3.55. The molecule has 0 spiro atoms. The molecule has 1 aliphatic rings. The van der Waals surface area contributed by atoms with Crippen LogP contribution in [0.2, 0.25) is 0 Å². The van der Waals surface area contributed by atoms with Gasteiger partial charge in [0.15, 0.2) is 18.1 Å². The average Bonchev–Trinajstić information content (AvgIpc) is 3.13. The molecule has 146 valence electrons. The van der Waals surface area contributed by atoms with Gasteiger partial charge < -0.3 is 19.5 Å². The van der Waals surface area contributed by atoms with Gasteiger partial charge in [-0.1, -0.05) is 18.2 Å². The molecule has 2 aromatic carbocycles. The van der Waals surface area contributed by atoms with E-state index in [0.29, 0.717) is 28.6 Å². The Balaban J connectivity index is 1.44. The number of nitrogens with zero attached hydrogens (tertiary/aromatic N) is 1. The number of rotatable bonds is 7. The van der Waals surface area contributed by atoms with Crippen LogP contribution >= 0.6 is 0 Å². The molecule has 0 bridgehead atoms. The number of carbonyl (C=O) groups excluding carboxylic acids is 2. The van der Waals surface area contributed by atoms with Crippen LogP contribution in [0, 0.1) is 6.92 Å². The second-order valence-electron chi connectivity index (χ2n) is 6.23. The van der Waals surface area contributed by atoms with Crippen LogP contribution in [0.4, 0.5) is 5.69 Å². The maximum absolute atomic E-state index is 12.1. The minimum atomic E-state index is -0.404. The Morgan fingerprint density at radius 3 is 2.71 bits per heavy atom. The molecule has 0 saturated heterocycles. The van der Waals surface area contributed by atoms with Crippen molar-refractivity contribution < 1.29 is 23.8 Å². The summed E-state index contributed by atoms with van der Waals surface area (Å²) in [4.78, 5) is 24.0. The number of hydrazone groups is 1. The van der Waals surface area contributed by atoms with E-state index in [4.69, 9.17) is 14.2 Å². The van der Waals surface area contributed by atoms with Crippen molar-refractivity contribution in [3.8, 4) is 17.2 Å². The summed E-state index contributed by atoms with van der Waals surface area (Å²) in [6.45, 7) is 3.56. The van der Waals surface area contributed by atoms with Crippen LogP contribution in [-0.2, 0) is 9.59 Å². The number of benzene rings is 2. The van der Waals surface area contributed by atoms with E-state index < -0.39 is 5.91 Å². The van der Waals surface area contributed by atoms with Crippen molar-refractivity contribution in [2.24, 2.45) is 5.10 Å². The number of carbonyl (C=O) groups is 2. The Kier molecular flexibility index (Phi) is 6.11. The fraction of sp³-hybridized carbons (Fsp3) is 0.250. The van der Waals surface area contributed by atoms with Crippen LogP contribution in [0.25, 0.3) is 0 Å². The summed E-state index contributed by atoms with van der Waals surface area (Å²) in [6, 6.07) is 12.6. The first kappa shape index (κ1) is 19.2. The van der Waals surface area contributed by atoms with Crippen LogP contribution in [0.1, 0.15) is 18.9 Å². The van der Waals surface area contributed by atoms with Crippen LogP contribution in [0.3, 0.4) is 0 Å².